The van der Waals surface area contributed by atoms with Gasteiger partial charge in [0.05, 0.1) is 25.9 Å². The van der Waals surface area contributed by atoms with Crippen LogP contribution in [-0.2, 0) is 27.7 Å². The molecule has 4 N–H and O–H groups in total. The van der Waals surface area contributed by atoms with E-state index < -0.39 is 76.9 Å². The molecule has 6 rings (SSSR count). The second-order valence-electron chi connectivity index (χ2n) is 10.7. The number of hydrogen-bond donors (Lipinski definition) is 6. The minimum Gasteiger partial charge on any atom is -0.394 e. The number of aliphatic hydroxyl groups is 2. The number of aromatic nitrogens is 8. The summed E-state index contributed by atoms with van der Waals surface area (Å²) >= 11 is 7.43. The molecule has 0 aliphatic carbocycles. The van der Waals surface area contributed by atoms with Crippen molar-refractivity contribution >= 4 is 72.9 Å². The van der Waals surface area contributed by atoms with Gasteiger partial charge >= 0.3 is 0 Å². The summed E-state index contributed by atoms with van der Waals surface area (Å²) in [5.41, 5.74) is 1.31. The number of imidazole rings is 2. The molecule has 49 heavy (non-hydrogen) atoms. The molecule has 2 aliphatic heterocycles. The second kappa shape index (κ2) is 16.1. The van der Waals surface area contributed by atoms with Gasteiger partial charge in [-0.25, -0.2) is 38.7 Å². The molecular formula is C25H32F2N10O8P2S2. The smallest absolute Gasteiger partial charge is 0.243 e. The third kappa shape index (κ3) is 7.63. The molecule has 0 amide bonds. The highest BCUT2D eigenvalue weighted by molar-refractivity contribution is 8.39. The van der Waals surface area contributed by atoms with E-state index in [2.05, 4.69) is 65.0 Å². The van der Waals surface area contributed by atoms with Gasteiger partial charge < -0.3 is 39.4 Å². The van der Waals surface area contributed by atoms with Crippen molar-refractivity contribution in [3.8, 4) is 0 Å². The van der Waals surface area contributed by atoms with Crippen molar-refractivity contribution in [2.24, 2.45) is 0 Å². The van der Waals surface area contributed by atoms with Gasteiger partial charge in [0.2, 0.25) is 14.5 Å². The molecule has 4 aromatic rings. The molecular weight excluding hydrogens is 732 g/mol. The van der Waals surface area contributed by atoms with E-state index in [9.17, 15) is 19.3 Å². The number of nitrogens with zero attached hydrogens (tertiary/aromatic N) is 8. The largest absolute Gasteiger partial charge is 0.394 e. The summed E-state index contributed by atoms with van der Waals surface area (Å²) < 4.78 is 77.6. The molecule has 0 bridgehead atoms. The molecule has 4 aromatic heterocycles. The maximum atomic E-state index is 15.2. The number of nitrogens with one attached hydrogen (secondary N) is 2. The molecule has 0 aromatic carbocycles. The Kier molecular flexibility index (Phi) is 11.8. The van der Waals surface area contributed by atoms with Crippen LogP contribution in [0.3, 0.4) is 0 Å². The maximum Gasteiger partial charge on any atom is 0.243 e. The molecule has 266 valence electrons. The second-order valence-corrected chi connectivity index (χ2v) is 14.5. The summed E-state index contributed by atoms with van der Waals surface area (Å²) in [6.07, 6.45) is -0.955. The van der Waals surface area contributed by atoms with Gasteiger partial charge in [0.25, 0.3) is 0 Å². The Morgan fingerprint density at radius 1 is 0.796 bits per heavy atom. The van der Waals surface area contributed by atoms with E-state index in [4.69, 9.17) is 18.5 Å². The number of alkyl halides is 2. The molecule has 2 aliphatic rings. The van der Waals surface area contributed by atoms with Crippen molar-refractivity contribution < 1.29 is 46.6 Å². The summed E-state index contributed by atoms with van der Waals surface area (Å²) in [6.45, 7) is -0.245. The number of aliphatic hydroxyl groups excluding tert-OH is 2. The number of hydrogen-bond acceptors (Lipinski definition) is 16. The Morgan fingerprint density at radius 2 is 1.29 bits per heavy atom. The zero-order valence-corrected chi connectivity index (χ0v) is 29.0. The number of ether oxygens (including phenoxy) is 2. The van der Waals surface area contributed by atoms with Crippen molar-refractivity contribution in [3.05, 3.63) is 37.5 Å². The first-order valence-electron chi connectivity index (χ1n) is 14.8. The number of fused-ring (bicyclic) bond motifs is 2. The first-order chi connectivity index (χ1) is 23.7. The van der Waals surface area contributed by atoms with Gasteiger partial charge in [-0.05, 0) is 6.42 Å². The highest BCUT2D eigenvalue weighted by Gasteiger charge is 2.49. The Labute approximate surface area is 288 Å². The quantitative estimate of drug-likeness (QED) is 0.0442. The van der Waals surface area contributed by atoms with Gasteiger partial charge in [0.1, 0.15) is 37.1 Å². The molecule has 24 heteroatoms. The fraction of sp³-hybridized carbons (Fsp3) is 0.520. The summed E-state index contributed by atoms with van der Waals surface area (Å²) in [5, 5.41) is 25.5. The fourth-order valence-corrected chi connectivity index (χ4v) is 7.37. The first-order valence-corrected chi connectivity index (χ1v) is 20.0. The van der Waals surface area contributed by atoms with Crippen LogP contribution in [0.4, 0.5) is 20.4 Å². The lowest BCUT2D eigenvalue weighted by molar-refractivity contribution is -0.0427. The lowest BCUT2D eigenvalue weighted by Crippen LogP contribution is -2.31. The number of thiol groups is 2. The van der Waals surface area contributed by atoms with Gasteiger partial charge in [0.15, 0.2) is 58.8 Å². The Morgan fingerprint density at radius 3 is 1.76 bits per heavy atom. The predicted molar refractivity (Wildman–Crippen MR) is 179 cm³/mol. The van der Waals surface area contributed by atoms with Gasteiger partial charge in [-0.15, -0.1) is 0 Å². The molecule has 2 fully saturated rings. The predicted octanol–water partition coefficient (Wildman–Crippen LogP) is 2.30. The van der Waals surface area contributed by atoms with E-state index in [1.807, 2.05) is 12.2 Å². The van der Waals surface area contributed by atoms with Gasteiger partial charge in [-0.1, -0.05) is 36.6 Å². The van der Waals surface area contributed by atoms with E-state index in [1.54, 1.807) is 0 Å². The van der Waals surface area contributed by atoms with Crippen molar-refractivity contribution in [2.45, 2.75) is 55.6 Å². The van der Waals surface area contributed by atoms with E-state index >= 15 is 8.78 Å². The average molecular weight is 765 g/mol. The van der Waals surface area contributed by atoms with Crippen LogP contribution >= 0.6 is 39.0 Å². The van der Waals surface area contributed by atoms with Crippen LogP contribution in [0.25, 0.3) is 22.3 Å². The maximum absolute atomic E-state index is 15.2. The topological polar surface area (TPSA) is 223 Å². The van der Waals surface area contributed by atoms with Crippen LogP contribution in [-0.4, -0.2) is 112 Å². The number of rotatable bonds is 15. The van der Waals surface area contributed by atoms with Crippen LogP contribution in [0.5, 0.6) is 0 Å². The minimum absolute atomic E-state index is 0.283. The summed E-state index contributed by atoms with van der Waals surface area (Å²) in [5.74, 6) is 0.815. The van der Waals surface area contributed by atoms with Gasteiger partial charge in [-0.2, -0.15) is 0 Å². The molecule has 0 saturated carbocycles. The standard InChI is InChI=1S/C25H32F2N10O8P2S2/c26-14-18(44-46(40)48)12(6-38)42-24(14)36-10-34-16-20(30-8-32-22(16)36)28-4-2-1-3-5-29-21-17-23(33-9-31-21)37(11-35-17)25-15(27)19(45-47(41)49)13(7-39)43-25/h1-2,8-15,18-19,24-25,38-39,46-47H,3-7H2,(H,40,48)(H,41,49)(H,28,30,32)(H,29,31,33)/b2-1+/t12?,13?,14-,15-,18?,19-,24-,25-/m1/s1. The zero-order chi connectivity index (χ0) is 34.7. The highest BCUT2D eigenvalue weighted by atomic mass is 32.7. The van der Waals surface area contributed by atoms with Crippen molar-refractivity contribution in [1.29, 1.82) is 0 Å². The third-order valence-electron chi connectivity index (χ3n) is 7.79. The van der Waals surface area contributed by atoms with Crippen molar-refractivity contribution in [2.75, 3.05) is 36.9 Å². The van der Waals surface area contributed by atoms with Gasteiger partial charge in [0, 0.05) is 13.1 Å². The van der Waals surface area contributed by atoms with Crippen molar-refractivity contribution in [1.82, 2.24) is 39.0 Å². The third-order valence-corrected chi connectivity index (χ3v) is 9.37. The van der Waals surface area contributed by atoms with E-state index in [0.717, 1.165) is 0 Å². The minimum atomic E-state index is -2.79. The van der Waals surface area contributed by atoms with E-state index in [1.165, 1.54) is 34.4 Å². The molecule has 18 nitrogen and oxygen atoms in total. The number of anilines is 2. The SMILES string of the molecule is O=[PH](S)OC1C(CO)O[C@@H](n2cnc3c(NC/C=C/CCNc4ncnc5c4ncn5[C@@H]4OC(CO)[C@@H](O[PH](=O)S)[C@H]4F)ncnc32)[C@@H]1F. The van der Waals surface area contributed by atoms with Gasteiger partial charge in [-0.3, -0.25) is 18.3 Å². The Balaban J connectivity index is 1.03. The lowest BCUT2D eigenvalue weighted by atomic mass is 10.1. The van der Waals surface area contributed by atoms with E-state index in [0.29, 0.717) is 42.2 Å². The lowest BCUT2D eigenvalue weighted by Gasteiger charge is -2.16. The van der Waals surface area contributed by atoms with E-state index in [-0.39, 0.29) is 11.3 Å². The van der Waals surface area contributed by atoms with Crippen LogP contribution < -0.4 is 10.6 Å². The fourth-order valence-electron chi connectivity index (χ4n) is 5.61. The molecule has 0 radical (unpaired) electrons. The molecule has 5 unspecified atom stereocenters. The Hall–Kier alpha value is -2.78. The van der Waals surface area contributed by atoms with Crippen LogP contribution in [0.1, 0.15) is 18.9 Å². The molecule has 0 spiro atoms. The average Bonchev–Trinajstić information content (AvgIpc) is 3.85. The highest BCUT2D eigenvalue weighted by Crippen LogP contribution is 2.42. The van der Waals surface area contributed by atoms with Crippen LogP contribution in [0, 0.1) is 0 Å². The normalized spacial score (nSPS) is 28.5. The summed E-state index contributed by atoms with van der Waals surface area (Å²) in [6, 6.07) is 0. The van der Waals surface area contributed by atoms with Crippen molar-refractivity contribution in [3.63, 3.8) is 0 Å². The molecule has 2 saturated heterocycles. The monoisotopic (exact) mass is 764 g/mol. The zero-order valence-electron chi connectivity index (χ0n) is 25.2. The summed E-state index contributed by atoms with van der Waals surface area (Å²) in [4.78, 5) is 25.6. The van der Waals surface area contributed by atoms with Crippen LogP contribution in [0.15, 0.2) is 37.5 Å². The Bertz CT molecular complexity index is 1840. The molecule has 6 heterocycles. The number of halogens is 2. The first kappa shape index (κ1) is 36.0. The van der Waals surface area contributed by atoms with Crippen LogP contribution in [0.2, 0.25) is 0 Å². The molecule has 10 atom stereocenters. The summed E-state index contributed by atoms with van der Waals surface area (Å²) in [7, 11) is -5.57.